The van der Waals surface area contributed by atoms with Gasteiger partial charge in [0.15, 0.2) is 5.82 Å². The van der Waals surface area contributed by atoms with Gasteiger partial charge in [-0.15, -0.1) is 5.10 Å². The zero-order valence-corrected chi connectivity index (χ0v) is 11.8. The number of benzene rings is 1. The van der Waals surface area contributed by atoms with Crippen molar-refractivity contribution in [3.05, 3.63) is 29.8 Å². The van der Waals surface area contributed by atoms with Gasteiger partial charge in [-0.2, -0.15) is 0 Å². The molecule has 2 amide bonds. The van der Waals surface area contributed by atoms with Gasteiger partial charge in [-0.3, -0.25) is 9.59 Å². The van der Waals surface area contributed by atoms with E-state index < -0.39 is 0 Å². The molecule has 0 radical (unpaired) electrons. The second-order valence-corrected chi connectivity index (χ2v) is 4.25. The first kappa shape index (κ1) is 14.6. The third-order valence-corrected chi connectivity index (χ3v) is 2.90. The number of nitrogens with one attached hydrogen (secondary N) is 2. The number of aromatic nitrogens is 4. The van der Waals surface area contributed by atoms with Crippen LogP contribution in [-0.2, 0) is 11.3 Å². The highest BCUT2D eigenvalue weighted by atomic mass is 16.2. The average Bonchev–Trinajstić information content (AvgIpc) is 3.00. The summed E-state index contributed by atoms with van der Waals surface area (Å²) in [5, 5.41) is 16.4. The van der Waals surface area contributed by atoms with Crippen LogP contribution in [0.2, 0.25) is 0 Å². The number of rotatable bonds is 5. The van der Waals surface area contributed by atoms with Crippen molar-refractivity contribution in [1.29, 1.82) is 0 Å². The average molecular weight is 288 g/mol. The highest BCUT2D eigenvalue weighted by Crippen LogP contribution is 2.17. The van der Waals surface area contributed by atoms with E-state index in [0.29, 0.717) is 17.9 Å². The summed E-state index contributed by atoms with van der Waals surface area (Å²) in [6.07, 6.45) is 0. The third-order valence-electron chi connectivity index (χ3n) is 2.90. The minimum absolute atomic E-state index is 0.0632. The van der Waals surface area contributed by atoms with Crippen LogP contribution in [0, 0.1) is 0 Å². The van der Waals surface area contributed by atoms with Crippen LogP contribution >= 0.6 is 0 Å². The molecule has 0 aliphatic rings. The summed E-state index contributed by atoms with van der Waals surface area (Å²) in [7, 11) is 1.51. The van der Waals surface area contributed by atoms with Crippen molar-refractivity contribution in [2.75, 3.05) is 13.6 Å². The largest absolute Gasteiger partial charge is 0.358 e. The van der Waals surface area contributed by atoms with Crippen LogP contribution in [0.3, 0.4) is 0 Å². The van der Waals surface area contributed by atoms with E-state index >= 15 is 0 Å². The number of carbonyl (C=O) groups is 2. The van der Waals surface area contributed by atoms with Crippen molar-refractivity contribution in [3.8, 4) is 11.4 Å². The Hall–Kier alpha value is -2.77. The quantitative estimate of drug-likeness (QED) is 0.795. The van der Waals surface area contributed by atoms with Gasteiger partial charge in [0.05, 0.1) is 6.54 Å². The fourth-order valence-electron chi connectivity index (χ4n) is 1.77. The number of hydrogen-bond acceptors (Lipinski definition) is 5. The molecular formula is C13H16N6O2. The Balaban J connectivity index is 2.18. The van der Waals surface area contributed by atoms with Gasteiger partial charge in [0.25, 0.3) is 5.91 Å². The molecule has 0 bridgehead atoms. The Kier molecular flexibility index (Phi) is 4.60. The number of likely N-dealkylation sites (N-methyl/N-ethyl adjacent to an activating group) is 1. The molecule has 0 saturated heterocycles. The Morgan fingerprint density at radius 1 is 1.33 bits per heavy atom. The molecule has 2 N–H and O–H groups in total. The minimum Gasteiger partial charge on any atom is -0.358 e. The van der Waals surface area contributed by atoms with E-state index in [2.05, 4.69) is 26.2 Å². The Morgan fingerprint density at radius 3 is 2.86 bits per heavy atom. The summed E-state index contributed by atoms with van der Waals surface area (Å²) >= 11 is 0. The molecule has 2 aromatic rings. The monoisotopic (exact) mass is 288 g/mol. The highest BCUT2D eigenvalue weighted by Gasteiger charge is 2.11. The summed E-state index contributed by atoms with van der Waals surface area (Å²) in [6, 6.07) is 6.94. The van der Waals surface area contributed by atoms with Crippen molar-refractivity contribution in [2.24, 2.45) is 0 Å². The van der Waals surface area contributed by atoms with E-state index in [0.717, 1.165) is 5.56 Å². The van der Waals surface area contributed by atoms with Gasteiger partial charge in [0.2, 0.25) is 5.91 Å². The molecule has 1 heterocycles. The van der Waals surface area contributed by atoms with Gasteiger partial charge < -0.3 is 10.6 Å². The molecule has 1 aromatic heterocycles. The minimum atomic E-state index is -0.323. The molecule has 0 saturated carbocycles. The molecule has 8 nitrogen and oxygen atoms in total. The van der Waals surface area contributed by atoms with E-state index in [9.17, 15) is 9.59 Å². The zero-order chi connectivity index (χ0) is 15.2. The highest BCUT2D eigenvalue weighted by molar-refractivity contribution is 5.97. The SMILES string of the molecule is CCn1nnnc1-c1cccc(C(=O)NCC(=O)NC)c1. The molecule has 0 spiro atoms. The van der Waals surface area contributed by atoms with Crippen LogP contribution in [0.15, 0.2) is 24.3 Å². The lowest BCUT2D eigenvalue weighted by Gasteiger charge is -2.06. The lowest BCUT2D eigenvalue weighted by atomic mass is 10.1. The molecule has 8 heteroatoms. The maximum absolute atomic E-state index is 12.0. The normalized spacial score (nSPS) is 10.2. The summed E-state index contributed by atoms with van der Waals surface area (Å²) < 4.78 is 1.64. The number of hydrogen-bond donors (Lipinski definition) is 2. The number of amides is 2. The topological polar surface area (TPSA) is 102 Å². The van der Waals surface area contributed by atoms with Gasteiger partial charge in [-0.25, -0.2) is 4.68 Å². The van der Waals surface area contributed by atoms with Gasteiger partial charge in [-0.1, -0.05) is 12.1 Å². The van der Waals surface area contributed by atoms with E-state index in [1.54, 1.807) is 22.9 Å². The van der Waals surface area contributed by atoms with Crippen molar-refractivity contribution >= 4 is 11.8 Å². The van der Waals surface area contributed by atoms with Crippen LogP contribution in [0.5, 0.6) is 0 Å². The molecule has 2 rings (SSSR count). The molecule has 21 heavy (non-hydrogen) atoms. The first-order valence-electron chi connectivity index (χ1n) is 6.51. The van der Waals surface area contributed by atoms with Gasteiger partial charge in [-0.05, 0) is 29.5 Å². The molecule has 0 fully saturated rings. The maximum atomic E-state index is 12.0. The van der Waals surface area contributed by atoms with Crippen LogP contribution < -0.4 is 10.6 Å². The summed E-state index contributed by atoms with van der Waals surface area (Å²) in [6.45, 7) is 2.50. The van der Waals surface area contributed by atoms with Crippen LogP contribution in [0.1, 0.15) is 17.3 Å². The van der Waals surface area contributed by atoms with E-state index in [1.165, 1.54) is 7.05 Å². The van der Waals surface area contributed by atoms with Gasteiger partial charge >= 0.3 is 0 Å². The van der Waals surface area contributed by atoms with E-state index in [1.807, 2.05) is 13.0 Å². The Morgan fingerprint density at radius 2 is 2.14 bits per heavy atom. The smallest absolute Gasteiger partial charge is 0.251 e. The number of nitrogens with zero attached hydrogens (tertiary/aromatic N) is 4. The number of carbonyl (C=O) groups excluding carboxylic acids is 2. The fraction of sp³-hybridized carbons (Fsp3) is 0.308. The van der Waals surface area contributed by atoms with Crippen LogP contribution in [0.25, 0.3) is 11.4 Å². The molecule has 0 aliphatic carbocycles. The lowest BCUT2D eigenvalue weighted by molar-refractivity contribution is -0.119. The van der Waals surface area contributed by atoms with E-state index in [4.69, 9.17) is 0 Å². The second kappa shape index (κ2) is 6.60. The van der Waals surface area contributed by atoms with Crippen molar-refractivity contribution in [2.45, 2.75) is 13.5 Å². The van der Waals surface area contributed by atoms with Crippen molar-refractivity contribution < 1.29 is 9.59 Å². The first-order chi connectivity index (χ1) is 10.2. The van der Waals surface area contributed by atoms with Crippen molar-refractivity contribution in [3.63, 3.8) is 0 Å². The third kappa shape index (κ3) is 3.41. The molecule has 0 unspecified atom stereocenters. The molecule has 0 atom stereocenters. The van der Waals surface area contributed by atoms with Crippen LogP contribution in [0.4, 0.5) is 0 Å². The standard InChI is InChI=1S/C13H16N6O2/c1-3-19-12(16-17-18-19)9-5-4-6-10(7-9)13(21)15-8-11(20)14-2/h4-7H,3,8H2,1-2H3,(H,14,20)(H,15,21). The van der Waals surface area contributed by atoms with Gasteiger partial charge in [0, 0.05) is 24.7 Å². The molecular weight excluding hydrogens is 272 g/mol. The molecule has 0 aliphatic heterocycles. The maximum Gasteiger partial charge on any atom is 0.251 e. The lowest BCUT2D eigenvalue weighted by Crippen LogP contribution is -2.35. The van der Waals surface area contributed by atoms with Crippen LogP contribution in [-0.4, -0.2) is 45.6 Å². The molecule has 110 valence electrons. The zero-order valence-electron chi connectivity index (χ0n) is 11.8. The van der Waals surface area contributed by atoms with Gasteiger partial charge in [0.1, 0.15) is 0 Å². The summed E-state index contributed by atoms with van der Waals surface area (Å²) in [5.74, 6) is 0.0175. The summed E-state index contributed by atoms with van der Waals surface area (Å²) in [5.41, 5.74) is 1.19. The molecule has 1 aromatic carbocycles. The first-order valence-corrected chi connectivity index (χ1v) is 6.51. The number of aryl methyl sites for hydroxylation is 1. The predicted octanol–water partition coefficient (Wildman–Crippen LogP) is -0.164. The predicted molar refractivity (Wildman–Crippen MR) is 75.3 cm³/mol. The number of tetrazole rings is 1. The van der Waals surface area contributed by atoms with Crippen molar-refractivity contribution in [1.82, 2.24) is 30.8 Å². The fourth-order valence-corrected chi connectivity index (χ4v) is 1.77. The Bertz CT molecular complexity index is 652. The summed E-state index contributed by atoms with van der Waals surface area (Å²) in [4.78, 5) is 23.1. The van der Waals surface area contributed by atoms with E-state index in [-0.39, 0.29) is 18.4 Å². The Labute approximate surface area is 121 Å². The second-order valence-electron chi connectivity index (χ2n) is 4.25.